The summed E-state index contributed by atoms with van der Waals surface area (Å²) in [5, 5.41) is 8.84. The lowest BCUT2D eigenvalue weighted by Gasteiger charge is -1.90. The molecule has 0 aliphatic carbocycles. The molecule has 1 rings (SSSR count). The van der Waals surface area contributed by atoms with Gasteiger partial charge >= 0.3 is 0 Å². The minimum Gasteiger partial charge on any atom is -0.506 e. The van der Waals surface area contributed by atoms with Crippen molar-refractivity contribution in [1.29, 1.82) is 0 Å². The first-order chi connectivity index (χ1) is 4.83. The van der Waals surface area contributed by atoms with Gasteiger partial charge in [0.1, 0.15) is 5.75 Å². The molecule has 0 radical (unpaired) electrons. The Morgan fingerprint density at radius 2 is 2.30 bits per heavy atom. The van der Waals surface area contributed by atoms with E-state index >= 15 is 0 Å². The highest BCUT2D eigenvalue weighted by Gasteiger charge is 1.86. The van der Waals surface area contributed by atoms with Crippen LogP contribution in [0.15, 0.2) is 24.4 Å². The van der Waals surface area contributed by atoms with Gasteiger partial charge in [-0.1, -0.05) is 6.08 Å². The average Bonchev–Trinajstić information content (AvgIpc) is 1.95. The van der Waals surface area contributed by atoms with Crippen molar-refractivity contribution in [2.45, 2.75) is 6.92 Å². The lowest BCUT2D eigenvalue weighted by molar-refractivity contribution is 0.472. The molecular weight excluding hydrogens is 126 g/mol. The molecule has 52 valence electrons. The summed E-state index contributed by atoms with van der Waals surface area (Å²) in [5.74, 6) is 0.202. The molecule has 0 saturated carbocycles. The molecule has 1 aromatic rings. The Morgan fingerprint density at radius 3 is 2.80 bits per heavy atom. The van der Waals surface area contributed by atoms with Crippen molar-refractivity contribution in [2.75, 3.05) is 0 Å². The van der Waals surface area contributed by atoms with Crippen molar-refractivity contribution in [3.63, 3.8) is 0 Å². The smallest absolute Gasteiger partial charge is 0.133 e. The first-order valence-electron chi connectivity index (χ1n) is 3.10. The largest absolute Gasteiger partial charge is 0.506 e. The van der Waals surface area contributed by atoms with Crippen LogP contribution >= 0.6 is 0 Å². The van der Waals surface area contributed by atoms with Crippen LogP contribution in [-0.2, 0) is 0 Å². The van der Waals surface area contributed by atoms with E-state index in [9.17, 15) is 0 Å². The molecule has 0 aliphatic rings. The highest BCUT2D eigenvalue weighted by Crippen LogP contribution is 2.06. The maximum atomic E-state index is 8.84. The van der Waals surface area contributed by atoms with Gasteiger partial charge in [0.25, 0.3) is 0 Å². The highest BCUT2D eigenvalue weighted by molar-refractivity contribution is 5.44. The third kappa shape index (κ3) is 1.58. The van der Waals surface area contributed by atoms with Gasteiger partial charge in [-0.25, -0.2) is 0 Å². The first kappa shape index (κ1) is 6.81. The third-order valence-corrected chi connectivity index (χ3v) is 1.11. The van der Waals surface area contributed by atoms with Gasteiger partial charge in [0, 0.05) is 0 Å². The number of rotatable bonds is 1. The number of pyridine rings is 1. The van der Waals surface area contributed by atoms with Gasteiger partial charge < -0.3 is 5.11 Å². The number of hydrogen-bond acceptors (Lipinski definition) is 2. The van der Waals surface area contributed by atoms with Crippen LogP contribution in [-0.4, -0.2) is 10.1 Å². The molecular formula is C8H9NO. The third-order valence-electron chi connectivity index (χ3n) is 1.11. The van der Waals surface area contributed by atoms with Crippen molar-refractivity contribution < 1.29 is 5.11 Å². The molecule has 0 amide bonds. The average molecular weight is 135 g/mol. The summed E-state index contributed by atoms with van der Waals surface area (Å²) >= 11 is 0. The number of nitrogens with zero attached hydrogens (tertiary/aromatic N) is 1. The van der Waals surface area contributed by atoms with Crippen LogP contribution in [0.2, 0.25) is 0 Å². The van der Waals surface area contributed by atoms with Crippen LogP contribution in [0, 0.1) is 0 Å². The summed E-state index contributed by atoms with van der Waals surface area (Å²) in [5.41, 5.74) is 0.861. The van der Waals surface area contributed by atoms with E-state index in [1.807, 2.05) is 19.1 Å². The van der Waals surface area contributed by atoms with Crippen molar-refractivity contribution in [3.8, 4) is 5.75 Å². The summed E-state index contributed by atoms with van der Waals surface area (Å²) in [6.45, 7) is 1.93. The van der Waals surface area contributed by atoms with Gasteiger partial charge in [0.2, 0.25) is 0 Å². The van der Waals surface area contributed by atoms with Crippen LogP contribution in [0.4, 0.5) is 0 Å². The molecule has 0 saturated heterocycles. The summed E-state index contributed by atoms with van der Waals surface area (Å²) in [7, 11) is 0. The van der Waals surface area contributed by atoms with E-state index in [-0.39, 0.29) is 5.75 Å². The molecule has 0 aromatic carbocycles. The van der Waals surface area contributed by atoms with Crippen LogP contribution in [0.1, 0.15) is 12.6 Å². The molecule has 1 aromatic heterocycles. The molecule has 0 unspecified atom stereocenters. The van der Waals surface area contributed by atoms with Gasteiger partial charge in [-0.3, -0.25) is 4.98 Å². The van der Waals surface area contributed by atoms with Crippen molar-refractivity contribution in [1.82, 2.24) is 4.98 Å². The molecule has 0 spiro atoms. The fourth-order valence-electron chi connectivity index (χ4n) is 0.667. The normalized spacial score (nSPS) is 10.5. The van der Waals surface area contributed by atoms with E-state index in [0.29, 0.717) is 0 Å². The summed E-state index contributed by atoms with van der Waals surface area (Å²) < 4.78 is 0. The topological polar surface area (TPSA) is 33.1 Å². The molecule has 0 aliphatic heterocycles. The Kier molecular flexibility index (Phi) is 2.05. The molecule has 0 fully saturated rings. The van der Waals surface area contributed by atoms with Crippen LogP contribution < -0.4 is 0 Å². The molecule has 2 nitrogen and oxygen atoms in total. The summed E-state index contributed by atoms with van der Waals surface area (Å²) in [4.78, 5) is 3.93. The van der Waals surface area contributed by atoms with Gasteiger partial charge in [-0.05, 0) is 25.1 Å². The summed E-state index contributed by atoms with van der Waals surface area (Å²) in [6.07, 6.45) is 5.20. The SMILES string of the molecule is C/C=C/c1ccc(O)cn1. The van der Waals surface area contributed by atoms with Gasteiger partial charge in [-0.2, -0.15) is 0 Å². The van der Waals surface area contributed by atoms with E-state index < -0.39 is 0 Å². The van der Waals surface area contributed by atoms with E-state index in [4.69, 9.17) is 5.11 Å². The monoisotopic (exact) mass is 135 g/mol. The Labute approximate surface area is 59.9 Å². The van der Waals surface area contributed by atoms with E-state index in [1.54, 1.807) is 12.1 Å². The number of hydrogen-bond donors (Lipinski definition) is 1. The maximum Gasteiger partial charge on any atom is 0.133 e. The minimum absolute atomic E-state index is 0.202. The fraction of sp³-hybridized carbons (Fsp3) is 0.125. The fourth-order valence-corrected chi connectivity index (χ4v) is 0.667. The number of allylic oxidation sites excluding steroid dienone is 1. The first-order valence-corrected chi connectivity index (χ1v) is 3.10. The Morgan fingerprint density at radius 1 is 1.50 bits per heavy atom. The zero-order valence-corrected chi connectivity index (χ0v) is 5.78. The van der Waals surface area contributed by atoms with Crippen molar-refractivity contribution in [2.24, 2.45) is 0 Å². The highest BCUT2D eigenvalue weighted by atomic mass is 16.3. The molecule has 0 bridgehead atoms. The minimum atomic E-state index is 0.202. The van der Waals surface area contributed by atoms with Crippen LogP contribution in [0.25, 0.3) is 6.08 Å². The molecule has 10 heavy (non-hydrogen) atoms. The van der Waals surface area contributed by atoms with E-state index in [2.05, 4.69) is 4.98 Å². The molecule has 1 heterocycles. The summed E-state index contributed by atoms with van der Waals surface area (Å²) in [6, 6.07) is 3.37. The predicted molar refractivity (Wildman–Crippen MR) is 40.6 cm³/mol. The lowest BCUT2D eigenvalue weighted by atomic mass is 10.3. The number of aromatic nitrogens is 1. The predicted octanol–water partition coefficient (Wildman–Crippen LogP) is 1.82. The van der Waals surface area contributed by atoms with Gasteiger partial charge in [0.05, 0.1) is 11.9 Å². The maximum absolute atomic E-state index is 8.84. The quantitative estimate of drug-likeness (QED) is 0.637. The number of aromatic hydroxyl groups is 1. The Balaban J connectivity index is 2.89. The van der Waals surface area contributed by atoms with Crippen molar-refractivity contribution in [3.05, 3.63) is 30.1 Å². The Bertz CT molecular complexity index is 226. The Hall–Kier alpha value is -1.31. The second-order valence-corrected chi connectivity index (χ2v) is 1.94. The molecule has 0 atom stereocenters. The lowest BCUT2D eigenvalue weighted by Crippen LogP contribution is -1.76. The van der Waals surface area contributed by atoms with E-state index in [0.717, 1.165) is 5.69 Å². The molecule has 2 heteroatoms. The van der Waals surface area contributed by atoms with Gasteiger partial charge in [0.15, 0.2) is 0 Å². The second kappa shape index (κ2) is 3.01. The van der Waals surface area contributed by atoms with Gasteiger partial charge in [-0.15, -0.1) is 0 Å². The van der Waals surface area contributed by atoms with Crippen LogP contribution in [0.3, 0.4) is 0 Å². The standard InChI is InChI=1S/C8H9NO/c1-2-3-7-4-5-8(10)6-9-7/h2-6,10H,1H3/b3-2+. The molecule has 1 N–H and O–H groups in total. The van der Waals surface area contributed by atoms with E-state index in [1.165, 1.54) is 6.20 Å². The van der Waals surface area contributed by atoms with Crippen molar-refractivity contribution >= 4 is 6.08 Å². The zero-order chi connectivity index (χ0) is 7.40. The second-order valence-electron chi connectivity index (χ2n) is 1.94. The van der Waals surface area contributed by atoms with Crippen LogP contribution in [0.5, 0.6) is 5.75 Å². The zero-order valence-electron chi connectivity index (χ0n) is 5.78.